The first-order chi connectivity index (χ1) is 7.42. The predicted octanol–water partition coefficient (Wildman–Crippen LogP) is -2.06. The molecule has 17 heavy (non-hydrogen) atoms. The zero-order valence-corrected chi connectivity index (χ0v) is 12.6. The van der Waals surface area contributed by atoms with Gasteiger partial charge in [0.1, 0.15) is 6.29 Å². The molecule has 90 valence electrons. The van der Waals surface area contributed by atoms with Crippen LogP contribution in [0.1, 0.15) is 11.8 Å². The molecule has 0 unspecified atom stereocenters. The van der Waals surface area contributed by atoms with Gasteiger partial charge >= 0.3 is 29.6 Å². The molecule has 0 saturated heterocycles. The van der Waals surface area contributed by atoms with Gasteiger partial charge in [-0.3, -0.25) is 9.35 Å². The molecule has 0 aliphatic heterocycles. The Hall–Kier alpha value is -0.400. The Morgan fingerprint density at radius 3 is 2.29 bits per heavy atom. The zero-order valence-electron chi connectivity index (χ0n) is 10.8. The molecule has 0 amide bonds. The fourth-order valence-corrected chi connectivity index (χ4v) is 1.69. The van der Waals surface area contributed by atoms with Crippen LogP contribution in [0.2, 0.25) is 0 Å². The van der Waals surface area contributed by atoms with Crippen LogP contribution in [0.3, 0.4) is 0 Å². The molecule has 5 nitrogen and oxygen atoms in total. The minimum Gasteiger partial charge on any atom is -1.00 e. The largest absolute Gasteiger partial charge is 1.00 e. The summed E-state index contributed by atoms with van der Waals surface area (Å²) in [5, 5.41) is 0. The van der Waals surface area contributed by atoms with E-state index in [0.29, 0.717) is 5.56 Å². The minimum atomic E-state index is -3.94. The number of carbonyl (C=O) groups is 1. The van der Waals surface area contributed by atoms with Crippen LogP contribution in [0.4, 0.5) is 5.69 Å². The molecule has 0 heterocycles. The first-order valence-electron chi connectivity index (χ1n) is 4.64. The van der Waals surface area contributed by atoms with E-state index in [-0.39, 0.29) is 43.3 Å². The number of benzene rings is 1. The Bertz CT molecular complexity index is 463. The molecule has 0 spiro atoms. The summed E-state index contributed by atoms with van der Waals surface area (Å²) in [7, 11) is -2.23. The molecule has 1 rings (SSSR count). The summed E-state index contributed by atoms with van der Waals surface area (Å²) in [6.07, 6.45) is 0.738. The number of anilines is 1. The Balaban J connectivity index is 0. The van der Waals surface area contributed by atoms with Crippen molar-refractivity contribution >= 4 is 22.1 Å². The maximum Gasteiger partial charge on any atom is 1.00 e. The monoisotopic (exact) mass is 267 g/mol. The first-order valence-corrected chi connectivity index (χ1v) is 6.25. The van der Waals surface area contributed by atoms with E-state index in [0.717, 1.165) is 12.0 Å². The van der Waals surface area contributed by atoms with Gasteiger partial charge in [0.2, 0.25) is 0 Å². The van der Waals surface area contributed by atoms with E-state index in [2.05, 4.69) is 0 Å². The van der Waals surface area contributed by atoms with Crippen LogP contribution in [0.25, 0.3) is 0 Å². The van der Waals surface area contributed by atoms with Crippen LogP contribution in [-0.2, 0) is 10.1 Å². The molecule has 0 aromatic heterocycles. The van der Waals surface area contributed by atoms with Crippen LogP contribution in [0, 0.1) is 0 Å². The van der Waals surface area contributed by atoms with Gasteiger partial charge in [-0.1, -0.05) is 0 Å². The zero-order chi connectivity index (χ0) is 12.2. The van der Waals surface area contributed by atoms with E-state index in [1.165, 1.54) is 0 Å². The molecule has 1 aromatic rings. The number of aldehydes is 1. The van der Waals surface area contributed by atoms with Gasteiger partial charge in [-0.15, -0.1) is 0 Å². The van der Waals surface area contributed by atoms with Crippen molar-refractivity contribution < 1.29 is 48.7 Å². The molecule has 0 atom stereocenters. The van der Waals surface area contributed by atoms with Crippen molar-refractivity contribution in [3.8, 4) is 0 Å². The molecule has 1 aromatic carbocycles. The third-order valence-corrected chi connectivity index (χ3v) is 2.85. The fourth-order valence-electron chi connectivity index (χ4n) is 1.19. The van der Waals surface area contributed by atoms with Crippen molar-refractivity contribution in [2.75, 3.05) is 24.2 Å². The van der Waals surface area contributed by atoms with Gasteiger partial charge in [0.25, 0.3) is 10.1 Å². The maximum atomic E-state index is 10.6. The van der Waals surface area contributed by atoms with E-state index >= 15 is 0 Å². The second-order valence-corrected chi connectivity index (χ2v) is 4.99. The van der Waals surface area contributed by atoms with Gasteiger partial charge in [-0.05, 0) is 24.3 Å². The molecular weight excluding hydrogens is 253 g/mol. The van der Waals surface area contributed by atoms with E-state index in [9.17, 15) is 13.2 Å². The van der Waals surface area contributed by atoms with Crippen LogP contribution in [-0.4, -0.2) is 38.6 Å². The quantitative estimate of drug-likeness (QED) is 0.377. The summed E-state index contributed by atoms with van der Waals surface area (Å²) in [5.41, 5.74) is 1.35. The molecule has 0 saturated carbocycles. The van der Waals surface area contributed by atoms with Gasteiger partial charge in [-0.2, -0.15) is 8.42 Å². The Morgan fingerprint density at radius 1 is 1.35 bits per heavy atom. The van der Waals surface area contributed by atoms with E-state index < -0.39 is 10.1 Å². The molecule has 0 aliphatic rings. The van der Waals surface area contributed by atoms with Crippen molar-refractivity contribution in [1.29, 1.82) is 0 Å². The first kappa shape index (κ1) is 16.6. The molecule has 0 radical (unpaired) electrons. The van der Waals surface area contributed by atoms with E-state index in [1.54, 1.807) is 36.2 Å². The van der Waals surface area contributed by atoms with Crippen LogP contribution < -0.4 is 34.5 Å². The summed E-state index contributed by atoms with van der Waals surface area (Å²) in [6, 6.07) is 6.72. The summed E-state index contributed by atoms with van der Waals surface area (Å²) in [4.78, 5) is 12.1. The van der Waals surface area contributed by atoms with Crippen LogP contribution in [0.5, 0.6) is 0 Å². The van der Waals surface area contributed by atoms with Crippen LogP contribution >= 0.6 is 0 Å². The third kappa shape index (κ3) is 6.18. The second-order valence-electron chi connectivity index (χ2n) is 3.42. The number of hydrogen-bond acceptors (Lipinski definition) is 4. The van der Waals surface area contributed by atoms with E-state index in [4.69, 9.17) is 4.55 Å². The Labute approximate surface area is 124 Å². The molecule has 0 bridgehead atoms. The summed E-state index contributed by atoms with van der Waals surface area (Å²) in [5.74, 6) is -0.321. The van der Waals surface area contributed by atoms with Crippen molar-refractivity contribution in [2.45, 2.75) is 0 Å². The van der Waals surface area contributed by atoms with Crippen molar-refractivity contribution in [1.82, 2.24) is 0 Å². The van der Waals surface area contributed by atoms with Gasteiger partial charge < -0.3 is 6.33 Å². The minimum absolute atomic E-state index is 0. The van der Waals surface area contributed by atoms with Crippen molar-refractivity contribution in [2.24, 2.45) is 0 Å². The topological polar surface area (TPSA) is 74.7 Å². The normalized spacial score (nSPS) is 10.5. The Morgan fingerprint density at radius 2 is 1.88 bits per heavy atom. The van der Waals surface area contributed by atoms with Gasteiger partial charge in [0.15, 0.2) is 0 Å². The van der Waals surface area contributed by atoms with Gasteiger partial charge in [-0.25, -0.2) is 0 Å². The van der Waals surface area contributed by atoms with Crippen molar-refractivity contribution in [3.05, 3.63) is 29.8 Å². The summed E-state index contributed by atoms with van der Waals surface area (Å²) >= 11 is 0. The predicted molar refractivity (Wildman–Crippen MR) is 62.6 cm³/mol. The van der Waals surface area contributed by atoms with Gasteiger partial charge in [0, 0.05) is 24.8 Å². The van der Waals surface area contributed by atoms with Gasteiger partial charge in [0.05, 0.1) is 5.75 Å². The smallest absolute Gasteiger partial charge is 1.00 e. The second kappa shape index (κ2) is 7.13. The number of nitrogens with zero attached hydrogens (tertiary/aromatic N) is 1. The SMILES string of the molecule is CN(CCS(=O)(=O)O)c1ccc(C=O)cc1.[H-].[Na+]. The average molecular weight is 267 g/mol. The standard InChI is InChI=1S/C10H13NO4S.Na.H/c1-11(6-7-16(13,14)15)10-4-2-9(8-12)3-5-10;;/h2-5,8H,6-7H2,1H3,(H,13,14,15);;/q;+1;-1. The number of carbonyl (C=O) groups excluding carboxylic acids is 1. The summed E-state index contributed by atoms with van der Waals surface area (Å²) in [6.45, 7) is 0.194. The summed E-state index contributed by atoms with van der Waals surface area (Å²) < 4.78 is 29.7. The molecule has 0 fully saturated rings. The maximum absolute atomic E-state index is 10.6. The Kier molecular flexibility index (Phi) is 6.96. The number of hydrogen-bond donors (Lipinski definition) is 1. The molecular formula is C10H14NNaO4S. The average Bonchev–Trinajstić information content (AvgIpc) is 2.25. The molecule has 0 aliphatic carbocycles. The van der Waals surface area contributed by atoms with E-state index in [1.807, 2.05) is 0 Å². The van der Waals surface area contributed by atoms with Crippen LogP contribution in [0.15, 0.2) is 24.3 Å². The number of rotatable bonds is 5. The molecule has 7 heteroatoms. The third-order valence-electron chi connectivity index (χ3n) is 2.15. The van der Waals surface area contributed by atoms with Crippen molar-refractivity contribution in [3.63, 3.8) is 0 Å². The molecule has 1 N–H and O–H groups in total. The fraction of sp³-hybridized carbons (Fsp3) is 0.300.